The van der Waals surface area contributed by atoms with E-state index in [9.17, 15) is 9.59 Å². The van der Waals surface area contributed by atoms with Crippen molar-refractivity contribution in [1.29, 1.82) is 0 Å². The van der Waals surface area contributed by atoms with Crippen LogP contribution in [0.1, 0.15) is 22.8 Å². The van der Waals surface area contributed by atoms with E-state index in [1.807, 2.05) is 13.0 Å². The van der Waals surface area contributed by atoms with Crippen molar-refractivity contribution in [3.8, 4) is 11.5 Å². The minimum absolute atomic E-state index is 0.241. The number of halogens is 2. The molecule has 0 spiro atoms. The predicted molar refractivity (Wildman–Crippen MR) is 105 cm³/mol. The molecule has 0 aliphatic carbocycles. The van der Waals surface area contributed by atoms with Gasteiger partial charge in [0, 0.05) is 11.6 Å². The zero-order chi connectivity index (χ0) is 19.8. The molecule has 0 fully saturated rings. The number of nitrogens with one attached hydrogen (secondary N) is 1. The Morgan fingerprint density at radius 1 is 1.22 bits per heavy atom. The Morgan fingerprint density at radius 2 is 2.00 bits per heavy atom. The van der Waals surface area contributed by atoms with Gasteiger partial charge in [0.05, 0.1) is 23.8 Å². The monoisotopic (exact) mass is 455 g/mol. The molecule has 0 heterocycles. The molecule has 0 aliphatic rings. The van der Waals surface area contributed by atoms with E-state index in [1.54, 1.807) is 24.3 Å². The van der Waals surface area contributed by atoms with Crippen LogP contribution in [0.3, 0.4) is 0 Å². The van der Waals surface area contributed by atoms with Gasteiger partial charge < -0.3 is 19.5 Å². The molecule has 0 bridgehead atoms. The first-order valence-corrected chi connectivity index (χ1v) is 9.30. The lowest BCUT2D eigenvalue weighted by Crippen LogP contribution is -2.28. The summed E-state index contributed by atoms with van der Waals surface area (Å²) in [4.78, 5) is 24.1. The molecular formula is C19H19BrClNO5. The lowest BCUT2D eigenvalue weighted by Gasteiger charge is -2.13. The van der Waals surface area contributed by atoms with Crippen LogP contribution in [0.25, 0.3) is 0 Å². The standard InChI is InChI=1S/C19H19BrClNO5/c1-3-26-18-15(20)8-13(9-16(18)25-2)19(24)27-11-17(23)22-10-12-5-4-6-14(21)7-12/h4-9H,3,10-11H2,1-2H3,(H,22,23). The first-order chi connectivity index (χ1) is 12.9. The summed E-state index contributed by atoms with van der Waals surface area (Å²) >= 11 is 9.24. The van der Waals surface area contributed by atoms with Crippen molar-refractivity contribution in [1.82, 2.24) is 5.32 Å². The number of hydrogen-bond acceptors (Lipinski definition) is 5. The van der Waals surface area contributed by atoms with E-state index in [4.69, 9.17) is 25.8 Å². The molecular weight excluding hydrogens is 438 g/mol. The summed E-state index contributed by atoms with van der Waals surface area (Å²) in [5.41, 5.74) is 1.09. The van der Waals surface area contributed by atoms with Gasteiger partial charge >= 0.3 is 5.97 Å². The molecule has 0 atom stereocenters. The summed E-state index contributed by atoms with van der Waals surface area (Å²) in [5.74, 6) is -0.172. The van der Waals surface area contributed by atoms with Crippen molar-refractivity contribution in [2.75, 3.05) is 20.3 Å². The molecule has 0 unspecified atom stereocenters. The van der Waals surface area contributed by atoms with Gasteiger partial charge in [0.25, 0.3) is 5.91 Å². The summed E-state index contributed by atoms with van der Waals surface area (Å²) in [6, 6.07) is 10.2. The molecule has 8 heteroatoms. The number of esters is 1. The van der Waals surface area contributed by atoms with Crippen LogP contribution in [0.15, 0.2) is 40.9 Å². The highest BCUT2D eigenvalue weighted by Crippen LogP contribution is 2.36. The maximum Gasteiger partial charge on any atom is 0.338 e. The van der Waals surface area contributed by atoms with E-state index in [1.165, 1.54) is 13.2 Å². The third-order valence-electron chi connectivity index (χ3n) is 3.47. The molecule has 2 aromatic rings. The molecule has 0 saturated carbocycles. The Bertz CT molecular complexity index is 828. The summed E-state index contributed by atoms with van der Waals surface area (Å²) in [6.07, 6.45) is 0. The van der Waals surface area contributed by atoms with Crippen molar-refractivity contribution in [3.63, 3.8) is 0 Å². The van der Waals surface area contributed by atoms with Gasteiger partial charge in [-0.2, -0.15) is 0 Å². The Labute approximate surface area is 170 Å². The Morgan fingerprint density at radius 3 is 2.67 bits per heavy atom. The van der Waals surface area contributed by atoms with E-state index in [0.29, 0.717) is 34.1 Å². The van der Waals surface area contributed by atoms with Crippen LogP contribution < -0.4 is 14.8 Å². The van der Waals surface area contributed by atoms with E-state index < -0.39 is 18.5 Å². The van der Waals surface area contributed by atoms with Crippen molar-refractivity contribution in [2.24, 2.45) is 0 Å². The summed E-state index contributed by atoms with van der Waals surface area (Å²) < 4.78 is 16.3. The van der Waals surface area contributed by atoms with Gasteiger partial charge in [-0.25, -0.2) is 4.79 Å². The van der Waals surface area contributed by atoms with Crippen molar-refractivity contribution in [3.05, 3.63) is 57.0 Å². The molecule has 6 nitrogen and oxygen atoms in total. The zero-order valence-corrected chi connectivity index (χ0v) is 17.2. The van der Waals surface area contributed by atoms with Gasteiger partial charge in [-0.15, -0.1) is 0 Å². The molecule has 0 aromatic heterocycles. The SMILES string of the molecule is CCOc1c(Br)cc(C(=O)OCC(=O)NCc2cccc(Cl)c2)cc1OC. The van der Waals surface area contributed by atoms with Crippen LogP contribution >= 0.6 is 27.5 Å². The Kier molecular flexibility index (Phi) is 7.94. The maximum atomic E-state index is 12.2. The van der Waals surface area contributed by atoms with Crippen molar-refractivity contribution < 1.29 is 23.8 Å². The minimum atomic E-state index is -0.644. The Balaban J connectivity index is 1.93. The van der Waals surface area contributed by atoms with Gasteiger partial charge in [0.1, 0.15) is 0 Å². The van der Waals surface area contributed by atoms with E-state index in [2.05, 4.69) is 21.2 Å². The molecule has 144 valence electrons. The number of methoxy groups -OCH3 is 1. The summed E-state index contributed by atoms with van der Waals surface area (Å²) in [5, 5.41) is 3.25. The fourth-order valence-electron chi connectivity index (χ4n) is 2.24. The van der Waals surface area contributed by atoms with Gasteiger partial charge in [0.15, 0.2) is 18.1 Å². The van der Waals surface area contributed by atoms with Gasteiger partial charge in [-0.1, -0.05) is 23.7 Å². The smallest absolute Gasteiger partial charge is 0.338 e. The molecule has 2 aromatic carbocycles. The average Bonchev–Trinajstić information content (AvgIpc) is 2.66. The minimum Gasteiger partial charge on any atom is -0.493 e. The van der Waals surface area contributed by atoms with Gasteiger partial charge in [0.2, 0.25) is 0 Å². The topological polar surface area (TPSA) is 73.9 Å². The van der Waals surface area contributed by atoms with E-state index in [0.717, 1.165) is 5.56 Å². The highest BCUT2D eigenvalue weighted by Gasteiger charge is 2.17. The molecule has 0 aliphatic heterocycles. The van der Waals surface area contributed by atoms with Crippen molar-refractivity contribution >= 4 is 39.4 Å². The molecule has 2 rings (SSSR count). The summed E-state index contributed by atoms with van der Waals surface area (Å²) in [7, 11) is 1.47. The third kappa shape index (κ3) is 6.15. The Hall–Kier alpha value is -2.25. The normalized spacial score (nSPS) is 10.2. The van der Waals surface area contributed by atoms with Crippen LogP contribution in [-0.4, -0.2) is 32.2 Å². The molecule has 0 saturated heterocycles. The van der Waals surface area contributed by atoms with Crippen LogP contribution in [0.4, 0.5) is 0 Å². The van der Waals surface area contributed by atoms with E-state index >= 15 is 0 Å². The second-order valence-electron chi connectivity index (χ2n) is 5.41. The predicted octanol–water partition coefficient (Wildman–Crippen LogP) is 3.98. The second-order valence-corrected chi connectivity index (χ2v) is 6.70. The number of rotatable bonds is 8. The quantitative estimate of drug-likeness (QED) is 0.608. The average molecular weight is 457 g/mol. The highest BCUT2D eigenvalue weighted by molar-refractivity contribution is 9.10. The third-order valence-corrected chi connectivity index (χ3v) is 4.29. The first-order valence-electron chi connectivity index (χ1n) is 8.13. The highest BCUT2D eigenvalue weighted by atomic mass is 79.9. The lowest BCUT2D eigenvalue weighted by atomic mass is 10.2. The number of carbonyl (C=O) groups excluding carboxylic acids is 2. The molecule has 27 heavy (non-hydrogen) atoms. The van der Waals surface area contributed by atoms with E-state index in [-0.39, 0.29) is 5.56 Å². The fraction of sp³-hybridized carbons (Fsp3) is 0.263. The molecule has 1 N–H and O–H groups in total. The van der Waals surface area contributed by atoms with Crippen LogP contribution in [0.2, 0.25) is 5.02 Å². The fourth-order valence-corrected chi connectivity index (χ4v) is 3.00. The van der Waals surface area contributed by atoms with Crippen LogP contribution in [-0.2, 0) is 16.1 Å². The maximum absolute atomic E-state index is 12.2. The van der Waals surface area contributed by atoms with Crippen molar-refractivity contribution in [2.45, 2.75) is 13.5 Å². The number of amides is 1. The van der Waals surface area contributed by atoms with Crippen LogP contribution in [0.5, 0.6) is 11.5 Å². The number of benzene rings is 2. The zero-order valence-electron chi connectivity index (χ0n) is 14.9. The largest absolute Gasteiger partial charge is 0.493 e. The second kappa shape index (κ2) is 10.2. The number of carbonyl (C=O) groups is 2. The molecule has 1 amide bonds. The molecule has 0 radical (unpaired) electrons. The summed E-state index contributed by atoms with van der Waals surface area (Å²) in [6.45, 7) is 2.19. The number of hydrogen-bond donors (Lipinski definition) is 1. The van der Waals surface area contributed by atoms with Gasteiger partial charge in [-0.05, 0) is 52.7 Å². The van der Waals surface area contributed by atoms with Gasteiger partial charge in [-0.3, -0.25) is 4.79 Å². The first kappa shape index (κ1) is 21.1. The number of ether oxygens (including phenoxy) is 3. The van der Waals surface area contributed by atoms with Crippen LogP contribution in [0, 0.1) is 0 Å². The lowest BCUT2D eigenvalue weighted by molar-refractivity contribution is -0.124.